The van der Waals surface area contributed by atoms with Crippen LogP contribution in [0.3, 0.4) is 0 Å². The number of ketones is 1. The molecule has 0 heterocycles. The van der Waals surface area contributed by atoms with Gasteiger partial charge in [-0.1, -0.05) is 133 Å². The average molecular weight is 485 g/mol. The van der Waals surface area contributed by atoms with E-state index in [1.54, 1.807) is 0 Å². The van der Waals surface area contributed by atoms with Gasteiger partial charge < -0.3 is 0 Å². The van der Waals surface area contributed by atoms with Gasteiger partial charge in [-0.2, -0.15) is 0 Å². The summed E-state index contributed by atoms with van der Waals surface area (Å²) in [6, 6.07) is 50.0. The van der Waals surface area contributed by atoms with E-state index in [9.17, 15) is 4.79 Å². The highest BCUT2D eigenvalue weighted by Crippen LogP contribution is 2.50. The summed E-state index contributed by atoms with van der Waals surface area (Å²) in [5.41, 5.74) is 7.44. The molecule has 178 valence electrons. The first-order valence-corrected chi connectivity index (χ1v) is 12.9. The van der Waals surface area contributed by atoms with Crippen LogP contribution in [-0.2, 0) is 4.79 Å². The summed E-state index contributed by atoms with van der Waals surface area (Å²) in [5, 5.41) is 4.68. The van der Waals surface area contributed by atoms with Gasteiger partial charge in [-0.15, -0.1) is 0 Å². The van der Waals surface area contributed by atoms with Gasteiger partial charge in [-0.3, -0.25) is 4.79 Å². The van der Waals surface area contributed by atoms with Crippen LogP contribution in [0.1, 0.15) is 22.3 Å². The molecule has 0 amide bonds. The number of carbonyl (C=O) groups is 1. The number of carbonyl (C=O) groups excluding carboxylic acids is 1. The first-order chi connectivity index (χ1) is 18.8. The highest BCUT2D eigenvalue weighted by Gasteiger charge is 2.35. The number of rotatable bonds is 4. The lowest BCUT2D eigenvalue weighted by Gasteiger charge is -2.15. The van der Waals surface area contributed by atoms with Crippen molar-refractivity contribution < 1.29 is 4.79 Å². The molecule has 0 saturated carbocycles. The van der Waals surface area contributed by atoms with Crippen molar-refractivity contribution in [2.24, 2.45) is 0 Å². The van der Waals surface area contributed by atoms with Gasteiger partial charge in [0.2, 0.25) is 0 Å². The second-order valence-electron chi connectivity index (χ2n) is 9.69. The lowest BCUT2D eigenvalue weighted by Crippen LogP contribution is -2.01. The maximum absolute atomic E-state index is 14.5. The smallest absolute Gasteiger partial charge is 0.195 e. The minimum atomic E-state index is 0.0636. The number of fused-ring (bicyclic) bond motifs is 2. The lowest BCUT2D eigenvalue weighted by molar-refractivity contribution is -0.108. The lowest BCUT2D eigenvalue weighted by atomic mass is 9.87. The zero-order chi connectivity index (χ0) is 25.5. The van der Waals surface area contributed by atoms with E-state index >= 15 is 0 Å². The molecule has 38 heavy (non-hydrogen) atoms. The molecule has 0 aromatic heterocycles. The van der Waals surface area contributed by atoms with Crippen LogP contribution in [0.15, 0.2) is 146 Å². The second kappa shape index (κ2) is 9.14. The third-order valence-corrected chi connectivity index (χ3v) is 7.41. The van der Waals surface area contributed by atoms with Crippen molar-refractivity contribution in [3.8, 4) is 0 Å². The highest BCUT2D eigenvalue weighted by molar-refractivity contribution is 6.59. The molecule has 1 aliphatic carbocycles. The molecule has 1 heteroatoms. The summed E-state index contributed by atoms with van der Waals surface area (Å²) in [4.78, 5) is 14.5. The largest absolute Gasteiger partial charge is 0.289 e. The molecule has 6 aromatic carbocycles. The Balaban J connectivity index is 1.59. The number of hydrogen-bond donors (Lipinski definition) is 0. The molecule has 0 bridgehead atoms. The molecule has 0 atom stereocenters. The van der Waals surface area contributed by atoms with Gasteiger partial charge in [0.05, 0.1) is 0 Å². The van der Waals surface area contributed by atoms with Crippen LogP contribution in [-0.4, -0.2) is 5.78 Å². The van der Waals surface area contributed by atoms with E-state index in [1.165, 1.54) is 10.8 Å². The SMILES string of the molecule is O=C1C(c2ccccc2)=C(c2ccc3ccccc3c2)C(c2ccc3ccccc3c2)=C1c1ccccc1. The van der Waals surface area contributed by atoms with E-state index in [0.29, 0.717) is 0 Å². The molecule has 0 unspecified atom stereocenters. The van der Waals surface area contributed by atoms with E-state index in [0.717, 1.165) is 55.3 Å². The molecule has 0 saturated heterocycles. The molecule has 0 fully saturated rings. The minimum Gasteiger partial charge on any atom is -0.289 e. The first-order valence-electron chi connectivity index (χ1n) is 12.9. The molecule has 6 aromatic rings. The third-order valence-electron chi connectivity index (χ3n) is 7.41. The van der Waals surface area contributed by atoms with Crippen LogP contribution in [0.4, 0.5) is 0 Å². The fourth-order valence-electron chi connectivity index (χ4n) is 5.63. The average Bonchev–Trinajstić information content (AvgIpc) is 3.30. The summed E-state index contributed by atoms with van der Waals surface area (Å²) in [6.45, 7) is 0. The third kappa shape index (κ3) is 3.68. The predicted molar refractivity (Wildman–Crippen MR) is 159 cm³/mol. The zero-order valence-corrected chi connectivity index (χ0v) is 20.8. The van der Waals surface area contributed by atoms with Crippen molar-refractivity contribution in [1.29, 1.82) is 0 Å². The normalized spacial score (nSPS) is 13.6. The van der Waals surface area contributed by atoms with Crippen LogP contribution < -0.4 is 0 Å². The Morgan fingerprint density at radius 3 is 1.08 bits per heavy atom. The van der Waals surface area contributed by atoms with Crippen LogP contribution >= 0.6 is 0 Å². The van der Waals surface area contributed by atoms with E-state index in [-0.39, 0.29) is 5.78 Å². The fourth-order valence-corrected chi connectivity index (χ4v) is 5.63. The van der Waals surface area contributed by atoms with Gasteiger partial charge >= 0.3 is 0 Å². The molecule has 0 radical (unpaired) electrons. The summed E-state index contributed by atoms with van der Waals surface area (Å²) in [6.07, 6.45) is 0. The number of hydrogen-bond acceptors (Lipinski definition) is 1. The van der Waals surface area contributed by atoms with Gasteiger partial charge in [0.1, 0.15) is 0 Å². The van der Waals surface area contributed by atoms with Crippen LogP contribution in [0, 0.1) is 0 Å². The summed E-state index contributed by atoms with van der Waals surface area (Å²) in [5.74, 6) is 0.0636. The molecule has 0 N–H and O–H groups in total. The van der Waals surface area contributed by atoms with Crippen molar-refractivity contribution in [1.82, 2.24) is 0 Å². The topological polar surface area (TPSA) is 17.1 Å². The number of Topliss-reactive ketones (excluding diaryl/α,β-unsaturated/α-hetero) is 1. The van der Waals surface area contributed by atoms with Gasteiger partial charge in [0.25, 0.3) is 0 Å². The fraction of sp³-hybridized carbons (Fsp3) is 0. The summed E-state index contributed by atoms with van der Waals surface area (Å²) >= 11 is 0. The van der Waals surface area contributed by atoms with Gasteiger partial charge in [0, 0.05) is 22.3 Å². The first kappa shape index (κ1) is 22.2. The summed E-state index contributed by atoms with van der Waals surface area (Å²) in [7, 11) is 0. The van der Waals surface area contributed by atoms with E-state index in [1.807, 2.05) is 60.7 Å². The van der Waals surface area contributed by atoms with Crippen molar-refractivity contribution in [3.63, 3.8) is 0 Å². The standard InChI is InChI=1S/C37H24O/c38-37-35(27-13-3-1-4-14-27)33(31-21-19-25-11-7-9-17-29(25)23-31)34(36(37)28-15-5-2-6-16-28)32-22-20-26-12-8-10-18-30(26)24-32/h1-24H. The van der Waals surface area contributed by atoms with Crippen molar-refractivity contribution in [2.75, 3.05) is 0 Å². The maximum Gasteiger partial charge on any atom is 0.195 e. The molecule has 0 spiro atoms. The Bertz CT molecular complexity index is 1770. The van der Waals surface area contributed by atoms with Crippen LogP contribution in [0.2, 0.25) is 0 Å². The van der Waals surface area contributed by atoms with Crippen molar-refractivity contribution in [2.45, 2.75) is 0 Å². The molecule has 7 rings (SSSR count). The Morgan fingerprint density at radius 2 is 0.658 bits per heavy atom. The zero-order valence-electron chi connectivity index (χ0n) is 20.8. The Labute approximate surface area is 222 Å². The van der Waals surface area contributed by atoms with Gasteiger partial charge in [-0.05, 0) is 55.9 Å². The van der Waals surface area contributed by atoms with E-state index in [4.69, 9.17) is 0 Å². The molecule has 0 aliphatic heterocycles. The van der Waals surface area contributed by atoms with Gasteiger partial charge in [-0.25, -0.2) is 0 Å². The quantitative estimate of drug-likeness (QED) is 0.244. The second-order valence-corrected chi connectivity index (χ2v) is 9.69. The Kier molecular flexibility index (Phi) is 5.34. The van der Waals surface area contributed by atoms with Crippen molar-refractivity contribution in [3.05, 3.63) is 168 Å². The van der Waals surface area contributed by atoms with E-state index in [2.05, 4.69) is 84.9 Å². The molecular formula is C37H24O. The van der Waals surface area contributed by atoms with Gasteiger partial charge in [0.15, 0.2) is 5.78 Å². The highest BCUT2D eigenvalue weighted by atomic mass is 16.1. The number of benzene rings is 6. The minimum absolute atomic E-state index is 0.0636. The Hall–Kier alpha value is -5.01. The predicted octanol–water partition coefficient (Wildman–Crippen LogP) is 9.10. The summed E-state index contributed by atoms with van der Waals surface area (Å²) < 4.78 is 0. The van der Waals surface area contributed by atoms with E-state index < -0.39 is 0 Å². The molecular weight excluding hydrogens is 460 g/mol. The van der Waals surface area contributed by atoms with Crippen LogP contribution in [0.5, 0.6) is 0 Å². The van der Waals surface area contributed by atoms with Crippen LogP contribution in [0.25, 0.3) is 43.8 Å². The monoisotopic (exact) mass is 484 g/mol. The Morgan fingerprint density at radius 1 is 0.289 bits per heavy atom. The van der Waals surface area contributed by atoms with Crippen molar-refractivity contribution >= 4 is 49.6 Å². The molecule has 1 nitrogen and oxygen atoms in total. The number of allylic oxidation sites excluding steroid dienone is 4. The maximum atomic E-state index is 14.5. The molecule has 1 aliphatic rings.